The van der Waals surface area contributed by atoms with E-state index in [9.17, 15) is 0 Å². The average molecular weight is 373 g/mol. The summed E-state index contributed by atoms with van der Waals surface area (Å²) in [6.45, 7) is 0. The minimum atomic E-state index is 0. The molecule has 0 nitrogen and oxygen atoms in total. The topological polar surface area (TPSA) is 0 Å². The zero-order chi connectivity index (χ0) is 0. The maximum Gasteiger partial charge on any atom is 2.00 e. The molecule has 0 saturated carbocycles. The first-order chi connectivity index (χ1) is 0. The van der Waals surface area contributed by atoms with E-state index in [0.717, 1.165) is 0 Å². The molecule has 6 radical (unpaired) electrons. The van der Waals surface area contributed by atoms with Crippen molar-refractivity contribution in [3.05, 3.63) is 0 Å². The molecule has 0 spiro atoms. The Labute approximate surface area is 94.5 Å². The van der Waals surface area contributed by atoms with E-state index >= 15 is 0 Å². The van der Waals surface area contributed by atoms with Gasteiger partial charge in [0.1, 0.15) is 0 Å². The van der Waals surface area contributed by atoms with E-state index in [0.29, 0.717) is 0 Å². The van der Waals surface area contributed by atoms with E-state index in [2.05, 4.69) is 0 Å². The van der Waals surface area contributed by atoms with Crippen LogP contribution in [0.5, 0.6) is 0 Å². The molecule has 5 heteroatoms. The summed E-state index contributed by atoms with van der Waals surface area (Å²) in [5, 5.41) is 0. The van der Waals surface area contributed by atoms with Crippen molar-refractivity contribution in [3.8, 4) is 0 Å². The molecule has 0 rings (SSSR count). The van der Waals surface area contributed by atoms with Crippen molar-refractivity contribution in [2.24, 2.45) is 0 Å². The molecule has 0 aromatic rings. The van der Waals surface area contributed by atoms with E-state index in [-0.39, 0.29) is 96.0 Å². The summed E-state index contributed by atoms with van der Waals surface area (Å²) in [5.41, 5.74) is 0. The van der Waals surface area contributed by atoms with Gasteiger partial charge in [0.15, 0.2) is 0 Å². The quantitative estimate of drug-likeness (QED) is 0.490. The van der Waals surface area contributed by atoms with E-state index in [1.807, 2.05) is 0 Å². The zero-order valence-corrected chi connectivity index (χ0v) is 9.08. The van der Waals surface area contributed by atoms with E-state index in [4.69, 9.17) is 0 Å². The molecule has 0 fully saturated rings. The number of rotatable bonds is 0. The summed E-state index contributed by atoms with van der Waals surface area (Å²) in [4.78, 5) is 0. The zero-order valence-electron chi connectivity index (χ0n) is 2.10. The molecule has 0 saturated heterocycles. The summed E-state index contributed by atoms with van der Waals surface area (Å²) in [6.07, 6.45) is 0. The molecule has 0 aromatic carbocycles. The second-order valence-corrected chi connectivity index (χ2v) is 0. The third-order valence-corrected chi connectivity index (χ3v) is 0. The monoisotopic (exact) mass is 372 g/mol. The maximum absolute atomic E-state index is 0. The summed E-state index contributed by atoms with van der Waals surface area (Å²) in [7, 11) is 0. The smallest absolute Gasteiger partial charge is 0 e. The van der Waals surface area contributed by atoms with Crippen LogP contribution in [-0.2, 0) is 61.3 Å². The molecular weight excluding hydrogens is 373 g/mol. The average Bonchev–Trinajstić information content (AvgIpc) is 0. The van der Waals surface area contributed by atoms with Gasteiger partial charge < -0.3 is 0 Å². The van der Waals surface area contributed by atoms with Gasteiger partial charge in [-0.2, -0.15) is 0 Å². The van der Waals surface area contributed by atoms with E-state index in [1.165, 1.54) is 0 Å². The van der Waals surface area contributed by atoms with Gasteiger partial charge in [-0.15, -0.1) is 0 Å². The van der Waals surface area contributed by atoms with Gasteiger partial charge in [-0.05, 0) is 0 Å². The van der Waals surface area contributed by atoms with Crippen molar-refractivity contribution >= 4 is 34.7 Å². The van der Waals surface area contributed by atoms with Gasteiger partial charge in [-0.3, -0.25) is 0 Å². The van der Waals surface area contributed by atoms with Gasteiger partial charge in [-0.25, -0.2) is 0 Å². The fourth-order valence-electron chi connectivity index (χ4n) is 0. The van der Waals surface area contributed by atoms with Crippen LogP contribution in [0, 0.1) is 0 Å². The molecule has 0 atom stereocenters. The minimum absolute atomic E-state index is 0. The Hall–Kier alpha value is 3.05. The van der Waals surface area contributed by atoms with Gasteiger partial charge in [0, 0.05) is 34.7 Å². The predicted octanol–water partition coefficient (Wildman–Crippen LogP) is -0.769. The molecule has 0 unspecified atom stereocenters. The largest absolute Gasteiger partial charge is 2.00 e. The van der Waals surface area contributed by atoms with Crippen molar-refractivity contribution in [2.75, 3.05) is 0 Å². The molecule has 0 aliphatic rings. The van der Waals surface area contributed by atoms with Crippen molar-refractivity contribution in [3.63, 3.8) is 0 Å². The molecule has 0 bridgehead atoms. The Bertz CT molecular complexity index is 4.85. The Kier molecular flexibility index (Phi) is 238. The second kappa shape index (κ2) is 27.7. The molecule has 0 N–H and O–H groups in total. The SMILES string of the molecule is [Al].[Al].[Pd+2].[Pd+2].[Pd+2]. The minimum Gasteiger partial charge on any atom is 0 e. The van der Waals surface area contributed by atoms with Gasteiger partial charge in [0.25, 0.3) is 0 Å². The van der Waals surface area contributed by atoms with Gasteiger partial charge in [-0.1, -0.05) is 0 Å². The van der Waals surface area contributed by atoms with Gasteiger partial charge in [0.05, 0.1) is 0 Å². The Morgan fingerprint density at radius 1 is 0.400 bits per heavy atom. The van der Waals surface area contributed by atoms with Crippen LogP contribution in [0.15, 0.2) is 0 Å². The first kappa shape index (κ1) is 43.0. The third-order valence-electron chi connectivity index (χ3n) is 0. The summed E-state index contributed by atoms with van der Waals surface area (Å²) in [6, 6.07) is 0. The molecule has 30 valence electrons. The molecule has 0 aromatic heterocycles. The van der Waals surface area contributed by atoms with Crippen molar-refractivity contribution < 1.29 is 61.3 Å². The summed E-state index contributed by atoms with van der Waals surface area (Å²) >= 11 is 0. The van der Waals surface area contributed by atoms with Crippen LogP contribution in [0.2, 0.25) is 0 Å². The van der Waals surface area contributed by atoms with Crippen LogP contribution < -0.4 is 0 Å². The van der Waals surface area contributed by atoms with Gasteiger partial charge >= 0.3 is 61.3 Å². The van der Waals surface area contributed by atoms with Crippen LogP contribution in [0.4, 0.5) is 0 Å². The predicted molar refractivity (Wildman–Crippen MR) is 11.5 cm³/mol. The molecular formula is Al2Pd3+6. The van der Waals surface area contributed by atoms with Crippen LogP contribution >= 0.6 is 0 Å². The molecule has 5 heavy (non-hydrogen) atoms. The maximum atomic E-state index is 0. The fraction of sp³-hybridized carbons (Fsp3) is 0. The fourth-order valence-corrected chi connectivity index (χ4v) is 0. The van der Waals surface area contributed by atoms with Crippen LogP contribution in [-0.4, -0.2) is 34.7 Å². The van der Waals surface area contributed by atoms with Crippen LogP contribution in [0.3, 0.4) is 0 Å². The van der Waals surface area contributed by atoms with Crippen molar-refractivity contribution in [1.82, 2.24) is 0 Å². The standard InChI is InChI=1S/2Al.3Pd/q;;3*+2. The van der Waals surface area contributed by atoms with Gasteiger partial charge in [0.2, 0.25) is 0 Å². The summed E-state index contributed by atoms with van der Waals surface area (Å²) < 4.78 is 0. The second-order valence-electron chi connectivity index (χ2n) is 0. The third kappa shape index (κ3) is 19.3. The van der Waals surface area contributed by atoms with E-state index in [1.54, 1.807) is 0 Å². The van der Waals surface area contributed by atoms with Crippen molar-refractivity contribution in [1.29, 1.82) is 0 Å². The first-order valence-corrected chi connectivity index (χ1v) is 0. The first-order valence-electron chi connectivity index (χ1n) is 0. The van der Waals surface area contributed by atoms with Crippen LogP contribution in [0.25, 0.3) is 0 Å². The number of hydrogen-bond donors (Lipinski definition) is 0. The Morgan fingerprint density at radius 3 is 0.400 bits per heavy atom. The molecule has 0 aliphatic carbocycles. The normalized spacial score (nSPS) is 0. The molecule has 0 amide bonds. The van der Waals surface area contributed by atoms with Crippen LogP contribution in [0.1, 0.15) is 0 Å². The van der Waals surface area contributed by atoms with Crippen molar-refractivity contribution in [2.45, 2.75) is 0 Å². The Balaban J connectivity index is 0. The molecule has 0 aliphatic heterocycles. The Morgan fingerprint density at radius 2 is 0.400 bits per heavy atom. The van der Waals surface area contributed by atoms with E-state index < -0.39 is 0 Å². The summed E-state index contributed by atoms with van der Waals surface area (Å²) in [5.74, 6) is 0. The molecule has 0 heterocycles. The number of hydrogen-bond acceptors (Lipinski definition) is 0.